The van der Waals surface area contributed by atoms with Gasteiger partial charge in [0.05, 0.1) is 6.07 Å². The first-order valence-corrected chi connectivity index (χ1v) is 6.76. The largest absolute Gasteiger partial charge is 0.476 e. The number of carbonyl (C=O) groups is 2. The van der Waals surface area contributed by atoms with Gasteiger partial charge in [-0.3, -0.25) is 4.79 Å². The molecule has 0 amide bonds. The van der Waals surface area contributed by atoms with E-state index in [9.17, 15) is 14.0 Å². The van der Waals surface area contributed by atoms with Gasteiger partial charge in [0.2, 0.25) is 0 Å². The van der Waals surface area contributed by atoms with E-state index in [0.717, 1.165) is 0 Å². The maximum atomic E-state index is 12.8. The third kappa shape index (κ3) is 5.18. The van der Waals surface area contributed by atoms with Crippen molar-refractivity contribution in [1.82, 2.24) is 0 Å². The fraction of sp³-hybridized carbons (Fsp3) is 0.375. The van der Waals surface area contributed by atoms with Crippen molar-refractivity contribution >= 4 is 17.5 Å². The summed E-state index contributed by atoms with van der Waals surface area (Å²) in [5.41, 5.74) is -1.52. The van der Waals surface area contributed by atoms with Crippen LogP contribution < -0.4 is 4.74 Å². The van der Waals surface area contributed by atoms with Crippen LogP contribution in [-0.4, -0.2) is 29.7 Å². The van der Waals surface area contributed by atoms with Crippen LogP contribution in [0, 0.1) is 28.5 Å². The number of esters is 1. The van der Waals surface area contributed by atoms with Gasteiger partial charge in [-0.15, -0.1) is 0 Å². The van der Waals surface area contributed by atoms with Crippen molar-refractivity contribution in [3.63, 3.8) is 0 Å². The lowest BCUT2D eigenvalue weighted by atomic mass is 10.0. The van der Waals surface area contributed by atoms with Gasteiger partial charge in [-0.25, -0.2) is 9.18 Å². The van der Waals surface area contributed by atoms with E-state index in [4.69, 9.17) is 20.1 Å². The van der Waals surface area contributed by atoms with Crippen molar-refractivity contribution in [2.45, 2.75) is 26.4 Å². The maximum absolute atomic E-state index is 12.8. The van der Waals surface area contributed by atoms with Gasteiger partial charge in [0.15, 0.2) is 18.0 Å². The van der Waals surface area contributed by atoms with Crippen LogP contribution in [-0.2, 0) is 14.3 Å². The van der Waals surface area contributed by atoms with Crippen LogP contribution in [0.25, 0.3) is 0 Å². The lowest BCUT2D eigenvalue weighted by molar-refractivity contribution is -0.161. The van der Waals surface area contributed by atoms with Crippen molar-refractivity contribution in [3.05, 3.63) is 30.1 Å². The zero-order valence-corrected chi connectivity index (χ0v) is 13.1. The number of nitriles is 1. The molecule has 0 fully saturated rings. The van der Waals surface area contributed by atoms with Crippen LogP contribution in [0.4, 0.5) is 4.39 Å². The normalized spacial score (nSPS) is 12.0. The number of hydrogen-bond acceptors (Lipinski definition) is 6. The first-order valence-electron chi connectivity index (χ1n) is 6.76. The molecule has 23 heavy (non-hydrogen) atoms. The van der Waals surface area contributed by atoms with Gasteiger partial charge < -0.3 is 14.9 Å². The van der Waals surface area contributed by atoms with E-state index in [0.29, 0.717) is 0 Å². The molecule has 0 heterocycles. The predicted octanol–water partition coefficient (Wildman–Crippen LogP) is 2.27. The van der Waals surface area contributed by atoms with Gasteiger partial charge in [0, 0.05) is 5.71 Å². The molecular weight excluding hydrogens is 303 g/mol. The molecule has 0 saturated heterocycles. The molecule has 1 unspecified atom stereocenters. The molecule has 1 rings (SSSR count). The molecule has 1 aromatic rings. The molecule has 1 atom stereocenters. The minimum atomic E-state index is -1.40. The molecule has 0 saturated carbocycles. The number of ether oxygens (including phenoxy) is 2. The highest BCUT2D eigenvalue weighted by Gasteiger charge is 2.33. The van der Waals surface area contributed by atoms with Crippen molar-refractivity contribution in [3.8, 4) is 11.8 Å². The number of nitrogens with zero attached hydrogens (tertiary/aromatic N) is 1. The van der Waals surface area contributed by atoms with Crippen LogP contribution in [0.15, 0.2) is 24.3 Å². The molecule has 122 valence electrons. The summed E-state index contributed by atoms with van der Waals surface area (Å²) >= 11 is 0. The molecule has 0 aliphatic heterocycles. The highest BCUT2D eigenvalue weighted by molar-refractivity contribution is 6.06. The Kier molecular flexibility index (Phi) is 5.96. The molecule has 7 heteroatoms. The first kappa shape index (κ1) is 18.3. The number of carbonyl (C=O) groups excluding carboxylic acids is 2. The standard InChI is InChI=1S/C16H17FN2O4/c1-10(19)13(8-18)14(20)9-22-15(21)16(2,3)23-12-6-4-11(17)5-7-12/h4-7,13,19H,9H2,1-3H3. The number of ketones is 1. The van der Waals surface area contributed by atoms with E-state index in [1.54, 1.807) is 6.07 Å². The second-order valence-electron chi connectivity index (χ2n) is 5.35. The number of nitrogens with one attached hydrogen (secondary N) is 1. The Morgan fingerprint density at radius 3 is 2.39 bits per heavy atom. The second kappa shape index (κ2) is 7.49. The van der Waals surface area contributed by atoms with E-state index in [1.165, 1.54) is 45.0 Å². The highest BCUT2D eigenvalue weighted by atomic mass is 19.1. The number of benzene rings is 1. The molecular formula is C16H17FN2O4. The summed E-state index contributed by atoms with van der Waals surface area (Å²) < 4.78 is 23.1. The molecule has 0 aromatic heterocycles. The quantitative estimate of drug-likeness (QED) is 0.613. The second-order valence-corrected chi connectivity index (χ2v) is 5.35. The number of rotatable bonds is 7. The predicted molar refractivity (Wildman–Crippen MR) is 79.6 cm³/mol. The summed E-state index contributed by atoms with van der Waals surface area (Å²) in [6.45, 7) is 3.58. The van der Waals surface area contributed by atoms with Crippen LogP contribution in [0.1, 0.15) is 20.8 Å². The Morgan fingerprint density at radius 1 is 1.35 bits per heavy atom. The van der Waals surface area contributed by atoms with Gasteiger partial charge in [-0.05, 0) is 45.0 Å². The third-order valence-corrected chi connectivity index (χ3v) is 2.91. The molecule has 1 aromatic carbocycles. The summed E-state index contributed by atoms with van der Waals surface area (Å²) in [5.74, 6) is -2.89. The van der Waals surface area contributed by atoms with Crippen LogP contribution in [0.2, 0.25) is 0 Å². The minimum Gasteiger partial charge on any atom is -0.476 e. The van der Waals surface area contributed by atoms with Crippen molar-refractivity contribution < 1.29 is 23.5 Å². The summed E-state index contributed by atoms with van der Waals surface area (Å²) in [5, 5.41) is 16.1. The fourth-order valence-corrected chi connectivity index (χ4v) is 1.64. The molecule has 0 bridgehead atoms. The molecule has 1 N–H and O–H groups in total. The average molecular weight is 320 g/mol. The highest BCUT2D eigenvalue weighted by Crippen LogP contribution is 2.20. The fourth-order valence-electron chi connectivity index (χ4n) is 1.64. The number of hydrogen-bond donors (Lipinski definition) is 1. The first-order chi connectivity index (χ1) is 10.7. The summed E-state index contributed by atoms with van der Waals surface area (Å²) in [6, 6.07) is 6.77. The topological polar surface area (TPSA) is 100 Å². The Hall–Kier alpha value is -2.75. The summed E-state index contributed by atoms with van der Waals surface area (Å²) in [7, 11) is 0. The molecule has 6 nitrogen and oxygen atoms in total. The number of halogens is 1. The Morgan fingerprint density at radius 2 is 1.91 bits per heavy atom. The molecule has 0 radical (unpaired) electrons. The molecule has 0 aliphatic rings. The van der Waals surface area contributed by atoms with E-state index in [2.05, 4.69) is 0 Å². The van der Waals surface area contributed by atoms with Gasteiger partial charge >= 0.3 is 5.97 Å². The van der Waals surface area contributed by atoms with Crippen molar-refractivity contribution in [1.29, 1.82) is 10.7 Å². The molecule has 0 aliphatic carbocycles. The zero-order valence-electron chi connectivity index (χ0n) is 13.1. The molecule has 0 spiro atoms. The maximum Gasteiger partial charge on any atom is 0.350 e. The smallest absolute Gasteiger partial charge is 0.350 e. The van der Waals surface area contributed by atoms with E-state index < -0.39 is 35.7 Å². The third-order valence-electron chi connectivity index (χ3n) is 2.91. The zero-order chi connectivity index (χ0) is 17.6. The Bertz CT molecular complexity index is 647. The van der Waals surface area contributed by atoms with Crippen molar-refractivity contribution in [2.24, 2.45) is 5.92 Å². The summed E-state index contributed by atoms with van der Waals surface area (Å²) in [4.78, 5) is 23.7. The lowest BCUT2D eigenvalue weighted by Crippen LogP contribution is -2.41. The van der Waals surface area contributed by atoms with Gasteiger partial charge in [-0.1, -0.05) is 0 Å². The van der Waals surface area contributed by atoms with Gasteiger partial charge in [0.25, 0.3) is 0 Å². The minimum absolute atomic E-state index is 0.115. The van der Waals surface area contributed by atoms with Gasteiger partial charge in [-0.2, -0.15) is 5.26 Å². The van der Waals surface area contributed by atoms with Crippen LogP contribution >= 0.6 is 0 Å². The number of Topliss-reactive ketones (excluding diaryl/α,β-unsaturated/α-hetero) is 1. The van der Waals surface area contributed by atoms with Gasteiger partial charge in [0.1, 0.15) is 17.5 Å². The monoisotopic (exact) mass is 320 g/mol. The Labute approximate surface area is 133 Å². The lowest BCUT2D eigenvalue weighted by Gasteiger charge is -2.24. The average Bonchev–Trinajstić information content (AvgIpc) is 2.47. The van der Waals surface area contributed by atoms with Crippen LogP contribution in [0.3, 0.4) is 0 Å². The van der Waals surface area contributed by atoms with E-state index in [1.807, 2.05) is 0 Å². The van der Waals surface area contributed by atoms with Crippen LogP contribution in [0.5, 0.6) is 5.75 Å². The van der Waals surface area contributed by atoms with E-state index >= 15 is 0 Å². The van der Waals surface area contributed by atoms with Crippen molar-refractivity contribution in [2.75, 3.05) is 6.61 Å². The Balaban J connectivity index is 2.65. The van der Waals surface area contributed by atoms with E-state index in [-0.39, 0.29) is 11.5 Å². The summed E-state index contributed by atoms with van der Waals surface area (Å²) in [6.07, 6.45) is 0. The SMILES string of the molecule is CC(=N)C(C#N)C(=O)COC(=O)C(C)(C)Oc1ccc(F)cc1.